The van der Waals surface area contributed by atoms with Gasteiger partial charge in [0, 0.05) is 47.4 Å². The first-order chi connectivity index (χ1) is 17.6. The van der Waals surface area contributed by atoms with Gasteiger partial charge in [-0.3, -0.25) is 4.99 Å². The fourth-order valence-corrected chi connectivity index (χ4v) is 3.05. The van der Waals surface area contributed by atoms with Crippen molar-refractivity contribution in [2.45, 2.75) is 32.1 Å². The van der Waals surface area contributed by atoms with E-state index >= 15 is 0 Å². The van der Waals surface area contributed by atoms with Crippen LogP contribution in [0, 0.1) is 0 Å². The SMILES string of the molecule is CCCSOOO/N=C(/c1ccc(OCCCOc2ccc(C(=NC)C(F)(F)F)cc2)cc1)C(F)(F)F. The molecule has 0 N–H and O–H groups in total. The molecule has 0 saturated carbocycles. The second-order valence-electron chi connectivity index (χ2n) is 7.14. The first-order valence-electron chi connectivity index (χ1n) is 10.8. The van der Waals surface area contributed by atoms with Crippen molar-refractivity contribution in [3.8, 4) is 11.5 Å². The molecule has 0 aliphatic heterocycles. The normalized spacial score (nSPS) is 13.0. The van der Waals surface area contributed by atoms with Gasteiger partial charge in [0.05, 0.1) is 13.2 Å². The summed E-state index contributed by atoms with van der Waals surface area (Å²) in [7, 11) is 1.07. The molecule has 2 rings (SSSR count). The highest BCUT2D eigenvalue weighted by atomic mass is 32.2. The molecule has 0 atom stereocenters. The highest BCUT2D eigenvalue weighted by Crippen LogP contribution is 2.25. The van der Waals surface area contributed by atoms with E-state index in [2.05, 4.69) is 24.5 Å². The maximum absolute atomic E-state index is 13.3. The van der Waals surface area contributed by atoms with Crippen molar-refractivity contribution in [3.63, 3.8) is 0 Å². The van der Waals surface area contributed by atoms with Crippen LogP contribution in [0.3, 0.4) is 0 Å². The molecule has 0 spiro atoms. The van der Waals surface area contributed by atoms with E-state index in [0.717, 1.165) is 37.6 Å². The molecular formula is C23H24F6N2O5S. The first kappa shape index (κ1) is 30.3. The molecule has 0 amide bonds. The van der Waals surface area contributed by atoms with E-state index in [1.807, 2.05) is 6.92 Å². The number of hydrogen-bond acceptors (Lipinski definition) is 8. The van der Waals surface area contributed by atoms with Crippen molar-refractivity contribution in [2.75, 3.05) is 26.0 Å². The number of halogens is 6. The minimum Gasteiger partial charge on any atom is -0.493 e. The van der Waals surface area contributed by atoms with Crippen molar-refractivity contribution in [1.82, 2.24) is 0 Å². The molecule has 7 nitrogen and oxygen atoms in total. The highest BCUT2D eigenvalue weighted by molar-refractivity contribution is 7.94. The number of alkyl halides is 6. The lowest BCUT2D eigenvalue weighted by atomic mass is 10.1. The third kappa shape index (κ3) is 10.5. The van der Waals surface area contributed by atoms with Gasteiger partial charge in [0.1, 0.15) is 17.2 Å². The minimum absolute atomic E-state index is 0.0775. The zero-order chi connectivity index (χ0) is 27.3. The summed E-state index contributed by atoms with van der Waals surface area (Å²) in [4.78, 5) is 7.43. The lowest BCUT2D eigenvalue weighted by Crippen LogP contribution is -2.24. The van der Waals surface area contributed by atoms with Gasteiger partial charge in [-0.1, -0.05) is 6.92 Å². The monoisotopic (exact) mass is 554 g/mol. The molecule has 0 bridgehead atoms. The number of benzene rings is 2. The molecule has 0 unspecified atom stereocenters. The van der Waals surface area contributed by atoms with E-state index in [9.17, 15) is 26.3 Å². The van der Waals surface area contributed by atoms with Gasteiger partial charge in [0.25, 0.3) is 0 Å². The van der Waals surface area contributed by atoms with E-state index in [1.165, 1.54) is 36.4 Å². The topological polar surface area (TPSA) is 70.9 Å². The average molecular weight is 555 g/mol. The molecule has 0 heterocycles. The van der Waals surface area contributed by atoms with E-state index < -0.39 is 23.8 Å². The van der Waals surface area contributed by atoms with E-state index in [0.29, 0.717) is 23.7 Å². The standard InChI is InChI=1S/C23H24F6N2O5S/c1-3-15-37-36-35-34-31-21(23(27,28)29)17-7-11-19(12-8-17)33-14-4-13-32-18-9-5-16(6-10-18)20(30-2)22(24,25)26/h5-12H,3-4,13-15H2,1-2H3/b30-20?,31-21-. The van der Waals surface area contributed by atoms with Gasteiger partial charge in [0.15, 0.2) is 5.71 Å². The second kappa shape index (κ2) is 14.7. The van der Waals surface area contributed by atoms with Gasteiger partial charge in [-0.05, 0) is 60.1 Å². The molecular weight excluding hydrogens is 530 g/mol. The van der Waals surface area contributed by atoms with Crippen LogP contribution >= 0.6 is 12.0 Å². The third-order valence-corrected chi connectivity index (χ3v) is 5.09. The van der Waals surface area contributed by atoms with Crippen molar-refractivity contribution in [3.05, 3.63) is 59.7 Å². The second-order valence-corrected chi connectivity index (χ2v) is 7.92. The van der Waals surface area contributed by atoms with Crippen LogP contribution in [0.1, 0.15) is 30.9 Å². The summed E-state index contributed by atoms with van der Waals surface area (Å²) in [5.74, 6) is 1.23. The van der Waals surface area contributed by atoms with Gasteiger partial charge in [0.2, 0.25) is 0 Å². The van der Waals surface area contributed by atoms with Crippen LogP contribution in [0.15, 0.2) is 58.7 Å². The van der Waals surface area contributed by atoms with E-state index in [4.69, 9.17) is 9.47 Å². The smallest absolute Gasteiger partial charge is 0.437 e. The van der Waals surface area contributed by atoms with Gasteiger partial charge < -0.3 is 9.47 Å². The van der Waals surface area contributed by atoms with Crippen LogP contribution in [0.5, 0.6) is 11.5 Å². The predicted octanol–water partition coefficient (Wildman–Crippen LogP) is 6.72. The molecule has 204 valence electrons. The summed E-state index contributed by atoms with van der Waals surface area (Å²) in [5.41, 5.74) is -2.66. The Balaban J connectivity index is 1.81. The first-order valence-corrected chi connectivity index (χ1v) is 11.7. The fourth-order valence-electron chi connectivity index (χ4n) is 2.75. The molecule has 37 heavy (non-hydrogen) atoms. The maximum atomic E-state index is 13.3. The minimum atomic E-state index is -4.81. The molecule has 0 radical (unpaired) electrons. The number of ether oxygens (including phenoxy) is 2. The van der Waals surface area contributed by atoms with Crippen molar-refractivity contribution in [1.29, 1.82) is 0 Å². The number of rotatable bonds is 14. The van der Waals surface area contributed by atoms with Crippen LogP contribution in [0.2, 0.25) is 0 Å². The van der Waals surface area contributed by atoms with Crippen LogP contribution in [-0.2, 0) is 14.4 Å². The molecule has 0 fully saturated rings. The summed E-state index contributed by atoms with van der Waals surface area (Å²) in [6.07, 6.45) is -8.19. The number of nitrogens with zero attached hydrogens (tertiary/aromatic N) is 2. The molecule has 0 aromatic heterocycles. The van der Waals surface area contributed by atoms with Gasteiger partial charge in [-0.2, -0.15) is 31.3 Å². The summed E-state index contributed by atoms with van der Waals surface area (Å²) in [6, 6.07) is 10.3. The Morgan fingerprint density at radius 3 is 1.70 bits per heavy atom. The third-order valence-electron chi connectivity index (χ3n) is 4.36. The van der Waals surface area contributed by atoms with Crippen molar-refractivity contribution in [2.24, 2.45) is 10.1 Å². The maximum Gasteiger partial charge on any atom is 0.437 e. The lowest BCUT2D eigenvalue weighted by Gasteiger charge is -2.12. The molecule has 0 aliphatic rings. The Labute approximate surface area is 213 Å². The Kier molecular flexibility index (Phi) is 12.0. The van der Waals surface area contributed by atoms with E-state index in [1.54, 1.807) is 0 Å². The van der Waals surface area contributed by atoms with Crippen LogP contribution in [0.25, 0.3) is 0 Å². The number of hydrogen-bond donors (Lipinski definition) is 0. The van der Waals surface area contributed by atoms with Gasteiger partial charge in [-0.15, -0.1) is 4.33 Å². The Hall–Kier alpha value is -2.97. The molecule has 2 aromatic carbocycles. The van der Waals surface area contributed by atoms with Crippen LogP contribution in [0.4, 0.5) is 26.3 Å². The zero-order valence-corrected chi connectivity index (χ0v) is 20.6. The van der Waals surface area contributed by atoms with Gasteiger partial charge in [-0.25, -0.2) is 0 Å². The molecule has 0 aliphatic carbocycles. The summed E-state index contributed by atoms with van der Waals surface area (Å²) in [5, 5.41) is 7.09. The largest absolute Gasteiger partial charge is 0.493 e. The average Bonchev–Trinajstić information content (AvgIpc) is 2.84. The summed E-state index contributed by atoms with van der Waals surface area (Å²) < 4.78 is 94.0. The number of aliphatic imine (C=N–C) groups is 1. The Bertz CT molecular complexity index is 1010. The molecule has 2 aromatic rings. The fraction of sp³-hybridized carbons (Fsp3) is 0.391. The quantitative estimate of drug-likeness (QED) is 0.0645. The lowest BCUT2D eigenvalue weighted by molar-refractivity contribution is -0.462. The van der Waals surface area contributed by atoms with E-state index in [-0.39, 0.29) is 24.3 Å². The van der Waals surface area contributed by atoms with Crippen molar-refractivity contribution < 1.29 is 50.2 Å². The van der Waals surface area contributed by atoms with Crippen LogP contribution in [-0.4, -0.2) is 49.8 Å². The predicted molar refractivity (Wildman–Crippen MR) is 126 cm³/mol. The summed E-state index contributed by atoms with van der Waals surface area (Å²) >= 11 is 0.858. The Morgan fingerprint density at radius 1 is 0.784 bits per heavy atom. The zero-order valence-electron chi connectivity index (χ0n) is 19.8. The van der Waals surface area contributed by atoms with Crippen molar-refractivity contribution >= 4 is 23.5 Å². The molecule has 0 saturated heterocycles. The van der Waals surface area contributed by atoms with Gasteiger partial charge >= 0.3 is 12.4 Å². The highest BCUT2D eigenvalue weighted by Gasteiger charge is 2.38. The number of oxime groups is 1. The molecule has 14 heteroatoms. The van der Waals surface area contributed by atoms with Crippen LogP contribution < -0.4 is 9.47 Å². The Morgan fingerprint density at radius 2 is 1.27 bits per heavy atom. The summed E-state index contributed by atoms with van der Waals surface area (Å²) in [6.45, 7) is 2.26.